The van der Waals surface area contributed by atoms with Crippen LogP contribution in [0.25, 0.3) is 6.08 Å². The molecule has 35 heavy (non-hydrogen) atoms. The lowest BCUT2D eigenvalue weighted by atomic mass is 9.97. The smallest absolute Gasteiger partial charge is 0.399 e. The highest BCUT2D eigenvalue weighted by Gasteiger charge is 2.39. The first-order valence-electron chi connectivity index (χ1n) is 10.3. The molecule has 0 spiro atoms. The van der Waals surface area contributed by atoms with Crippen LogP contribution in [0.5, 0.6) is 0 Å². The van der Waals surface area contributed by atoms with Gasteiger partial charge in [-0.05, 0) is 64.2 Å². The molecule has 1 N–H and O–H groups in total. The number of likely N-dealkylation sites (tertiary alicyclic amines) is 1. The number of hydrogen-bond donors (Lipinski definition) is 1. The Morgan fingerprint density at radius 3 is 2.23 bits per heavy atom. The lowest BCUT2D eigenvalue weighted by Crippen LogP contribution is -2.50. The second kappa shape index (κ2) is 11.4. The van der Waals surface area contributed by atoms with E-state index in [0.29, 0.717) is 28.4 Å². The van der Waals surface area contributed by atoms with E-state index in [1.807, 2.05) is 0 Å². The molecule has 2 aromatic carbocycles. The van der Waals surface area contributed by atoms with Crippen LogP contribution in [0, 0.1) is 0 Å². The third-order valence-corrected chi connectivity index (χ3v) is 7.38. The molecule has 12 heteroatoms. The average Bonchev–Trinajstić information content (AvgIpc) is 2.77. The number of carbonyl (C=O) groups is 2. The van der Waals surface area contributed by atoms with Crippen molar-refractivity contribution in [2.75, 3.05) is 13.1 Å². The van der Waals surface area contributed by atoms with Crippen LogP contribution in [-0.2, 0) is 0 Å². The molecule has 1 heterocycles. The zero-order chi connectivity index (χ0) is 25.9. The van der Waals surface area contributed by atoms with Gasteiger partial charge in [0.1, 0.15) is 6.09 Å². The Morgan fingerprint density at radius 2 is 1.71 bits per heavy atom. The maximum absolute atomic E-state index is 13.7. The second-order valence-corrected chi connectivity index (χ2v) is 9.96. The number of nitrogens with zero attached hydrogens (tertiary/aromatic N) is 1. The Kier molecular flexibility index (Phi) is 9.01. The summed E-state index contributed by atoms with van der Waals surface area (Å²) >= 11 is 21.0. The predicted molar refractivity (Wildman–Crippen MR) is 131 cm³/mol. The highest BCUT2D eigenvalue weighted by Crippen LogP contribution is 2.41. The number of rotatable bonds is 5. The summed E-state index contributed by atoms with van der Waals surface area (Å²) in [4.78, 5) is 24.7. The first kappa shape index (κ1) is 27.6. The van der Waals surface area contributed by atoms with Crippen molar-refractivity contribution in [3.63, 3.8) is 0 Å². The largest absolute Gasteiger partial charge is 0.530 e. The van der Waals surface area contributed by atoms with E-state index in [2.05, 4.69) is 21.2 Å². The molecule has 0 bridgehead atoms. The number of halogens is 7. The van der Waals surface area contributed by atoms with Crippen molar-refractivity contribution in [2.45, 2.75) is 31.0 Å². The molecule has 3 rings (SSSR count). The molecule has 0 aromatic heterocycles. The Balaban J connectivity index is 1.74. The van der Waals surface area contributed by atoms with Gasteiger partial charge in [0, 0.05) is 23.6 Å². The van der Waals surface area contributed by atoms with Crippen molar-refractivity contribution in [3.8, 4) is 0 Å². The van der Waals surface area contributed by atoms with Crippen LogP contribution in [0.3, 0.4) is 0 Å². The van der Waals surface area contributed by atoms with E-state index in [0.717, 1.165) is 18.2 Å². The third-order valence-electron chi connectivity index (χ3n) is 5.53. The van der Waals surface area contributed by atoms with Gasteiger partial charge in [0.15, 0.2) is 0 Å². The van der Waals surface area contributed by atoms with E-state index in [9.17, 15) is 27.9 Å². The molecular weight excluding hydrogens is 596 g/mol. The number of amides is 2. The second-order valence-electron chi connectivity index (χ2n) is 7.92. The van der Waals surface area contributed by atoms with Crippen LogP contribution in [0.2, 0.25) is 15.1 Å². The maximum Gasteiger partial charge on any atom is 0.399 e. The number of carbonyl (C=O) groups excluding carboxylic acids is 2. The summed E-state index contributed by atoms with van der Waals surface area (Å²) in [6, 6.07) is 6.59. The number of allylic oxidation sites excluding steroid dienone is 1. The standard InChI is InChI=1S/C23H19BrCl3F3N2O3/c24-17-9-12(1-3-15(17)21(33)31-14-5-7-32(8-6-14)22(34)35)2-4-16(23(28,29)30)13-10-18(25)20(27)19(26)11-13/h1-4,9-11,14,16H,5-8H2,(H,31,33)(H,34,35)/p-1. The molecule has 0 aliphatic carbocycles. The van der Waals surface area contributed by atoms with Gasteiger partial charge in [-0.25, -0.2) is 0 Å². The number of carboxylic acid groups (broad SMARTS) is 1. The minimum absolute atomic E-state index is 0.0239. The fourth-order valence-electron chi connectivity index (χ4n) is 3.66. The highest BCUT2D eigenvalue weighted by atomic mass is 79.9. The van der Waals surface area contributed by atoms with Gasteiger partial charge in [0.25, 0.3) is 5.91 Å². The molecule has 1 aliphatic heterocycles. The summed E-state index contributed by atoms with van der Waals surface area (Å²) in [5.74, 6) is -2.36. The molecule has 2 aromatic rings. The molecular formula is C23H18BrCl3F3N2O3-. The lowest BCUT2D eigenvalue weighted by Gasteiger charge is -2.34. The summed E-state index contributed by atoms with van der Waals surface area (Å²) in [6.07, 6.45) is -2.68. The third kappa shape index (κ3) is 7.06. The highest BCUT2D eigenvalue weighted by molar-refractivity contribution is 9.10. The van der Waals surface area contributed by atoms with Gasteiger partial charge in [-0.3, -0.25) is 4.79 Å². The first-order chi connectivity index (χ1) is 16.4. The SMILES string of the molecule is O=C(NC1CCN(C(=O)[O-])CC1)c1ccc(C=CC(c2cc(Cl)c(Cl)c(Cl)c2)C(F)(F)F)cc1Br. The molecule has 2 amide bonds. The monoisotopic (exact) mass is 611 g/mol. The van der Waals surface area contributed by atoms with Crippen LogP contribution in [0.1, 0.15) is 40.2 Å². The summed E-state index contributed by atoms with van der Waals surface area (Å²) < 4.78 is 41.6. The van der Waals surface area contributed by atoms with Gasteiger partial charge in [0.2, 0.25) is 0 Å². The molecule has 0 radical (unpaired) electrons. The van der Waals surface area contributed by atoms with Gasteiger partial charge >= 0.3 is 6.18 Å². The fraction of sp³-hybridized carbons (Fsp3) is 0.304. The van der Waals surface area contributed by atoms with E-state index >= 15 is 0 Å². The molecule has 188 valence electrons. The maximum atomic E-state index is 13.7. The zero-order valence-electron chi connectivity index (χ0n) is 17.8. The minimum atomic E-state index is -4.61. The van der Waals surface area contributed by atoms with Gasteiger partial charge in [-0.15, -0.1) is 0 Å². The first-order valence-corrected chi connectivity index (χ1v) is 12.2. The van der Waals surface area contributed by atoms with E-state index in [-0.39, 0.29) is 45.7 Å². The Labute approximate surface area is 223 Å². The van der Waals surface area contributed by atoms with E-state index < -0.39 is 18.2 Å². The van der Waals surface area contributed by atoms with Gasteiger partial charge < -0.3 is 20.1 Å². The fourth-order valence-corrected chi connectivity index (χ4v) is 4.85. The van der Waals surface area contributed by atoms with E-state index in [1.165, 1.54) is 29.2 Å². The van der Waals surface area contributed by atoms with E-state index in [4.69, 9.17) is 34.8 Å². The molecule has 1 saturated heterocycles. The van der Waals surface area contributed by atoms with Crippen LogP contribution >= 0.6 is 50.7 Å². The summed E-state index contributed by atoms with van der Waals surface area (Å²) in [7, 11) is 0. The van der Waals surface area contributed by atoms with Crippen molar-refractivity contribution in [3.05, 3.63) is 72.6 Å². The summed E-state index contributed by atoms with van der Waals surface area (Å²) in [5.41, 5.74) is 0.567. The quantitative estimate of drug-likeness (QED) is 0.402. The Bertz CT molecular complexity index is 1130. The predicted octanol–water partition coefficient (Wildman–Crippen LogP) is 6.31. The molecule has 1 aliphatic rings. The van der Waals surface area contributed by atoms with Crippen LogP contribution in [-0.4, -0.2) is 42.2 Å². The number of nitrogens with one attached hydrogen (secondary N) is 1. The lowest BCUT2D eigenvalue weighted by molar-refractivity contribution is -0.266. The van der Waals surface area contributed by atoms with Gasteiger partial charge in [-0.2, -0.15) is 13.2 Å². The molecule has 1 unspecified atom stereocenters. The summed E-state index contributed by atoms with van der Waals surface area (Å²) in [6.45, 7) is 0.533. The number of piperidine rings is 1. The zero-order valence-corrected chi connectivity index (χ0v) is 21.7. The van der Waals surface area contributed by atoms with Gasteiger partial charge in [0.05, 0.1) is 26.5 Å². The van der Waals surface area contributed by atoms with Crippen molar-refractivity contribution >= 4 is 68.8 Å². The van der Waals surface area contributed by atoms with Gasteiger partial charge in [-0.1, -0.05) is 53.0 Å². The number of benzene rings is 2. The number of hydrogen-bond acceptors (Lipinski definition) is 3. The van der Waals surface area contributed by atoms with Crippen molar-refractivity contribution in [1.82, 2.24) is 10.2 Å². The van der Waals surface area contributed by atoms with Crippen molar-refractivity contribution in [1.29, 1.82) is 0 Å². The van der Waals surface area contributed by atoms with Crippen LogP contribution < -0.4 is 10.4 Å². The molecule has 1 fully saturated rings. The van der Waals surface area contributed by atoms with Crippen LogP contribution in [0.15, 0.2) is 40.9 Å². The topological polar surface area (TPSA) is 72.5 Å². The molecule has 1 atom stereocenters. The Hall–Kier alpha value is -1.94. The number of alkyl halides is 3. The van der Waals surface area contributed by atoms with Crippen molar-refractivity contribution in [2.24, 2.45) is 0 Å². The molecule has 5 nitrogen and oxygen atoms in total. The van der Waals surface area contributed by atoms with E-state index in [1.54, 1.807) is 0 Å². The summed E-state index contributed by atoms with van der Waals surface area (Å²) in [5, 5.41) is 13.6. The Morgan fingerprint density at radius 1 is 1.11 bits per heavy atom. The van der Waals surface area contributed by atoms with Crippen molar-refractivity contribution < 1.29 is 27.9 Å². The minimum Gasteiger partial charge on any atom is -0.530 e. The average molecular weight is 614 g/mol. The van der Waals surface area contributed by atoms with Crippen LogP contribution in [0.4, 0.5) is 18.0 Å². The normalized spacial score (nSPS) is 15.9. The molecule has 0 saturated carbocycles.